The molecule has 0 aliphatic carbocycles. The van der Waals surface area contributed by atoms with Crippen LogP contribution in [0.25, 0.3) is 0 Å². The van der Waals surface area contributed by atoms with Gasteiger partial charge in [0.25, 0.3) is 0 Å². The Labute approximate surface area is 117 Å². The van der Waals surface area contributed by atoms with Crippen LogP contribution >= 0.6 is 0 Å². The van der Waals surface area contributed by atoms with Gasteiger partial charge in [0.1, 0.15) is 37.1 Å². The predicted molar refractivity (Wildman–Crippen MR) is 67.9 cm³/mol. The average molecular weight is 288 g/mol. The first-order chi connectivity index (χ1) is 9.31. The molecule has 0 aliphatic rings. The highest BCUT2D eigenvalue weighted by Crippen LogP contribution is 1.97. The topological polar surface area (TPSA) is 96.0 Å². The third-order valence-corrected chi connectivity index (χ3v) is 1.96. The fraction of sp³-hybridized carbons (Fsp3) is 0.692. The first-order valence-corrected chi connectivity index (χ1v) is 6.23. The molecule has 114 valence electrons. The van der Waals surface area contributed by atoms with Crippen LogP contribution < -0.4 is 0 Å². The van der Waals surface area contributed by atoms with Gasteiger partial charge in [-0.25, -0.2) is 0 Å². The Kier molecular flexibility index (Phi) is 9.19. The summed E-state index contributed by atoms with van der Waals surface area (Å²) in [4.78, 5) is 43.4. The van der Waals surface area contributed by atoms with Gasteiger partial charge in [-0.2, -0.15) is 0 Å². The van der Waals surface area contributed by atoms with Crippen molar-refractivity contribution in [3.8, 4) is 0 Å². The van der Waals surface area contributed by atoms with E-state index < -0.39 is 18.0 Å². The Hall–Kier alpha value is -1.76. The molecule has 0 aromatic heterocycles. The van der Waals surface area contributed by atoms with Gasteiger partial charge in [0, 0.05) is 0 Å². The number of carbonyl (C=O) groups is 4. The summed E-state index contributed by atoms with van der Waals surface area (Å²) in [6, 6.07) is 0. The second-order valence-corrected chi connectivity index (χ2v) is 4.35. The fourth-order valence-electron chi connectivity index (χ4n) is 1.22. The van der Waals surface area contributed by atoms with E-state index >= 15 is 0 Å². The van der Waals surface area contributed by atoms with Gasteiger partial charge in [-0.05, 0) is 20.8 Å². The molecule has 7 heteroatoms. The smallest absolute Gasteiger partial charge is 0.313 e. The minimum Gasteiger partial charge on any atom is -0.463 e. The number of ketones is 2. The van der Waals surface area contributed by atoms with Crippen molar-refractivity contribution in [2.24, 2.45) is 0 Å². The van der Waals surface area contributed by atoms with Gasteiger partial charge in [-0.1, -0.05) is 0 Å². The van der Waals surface area contributed by atoms with Gasteiger partial charge in [0.05, 0.1) is 13.2 Å². The highest BCUT2D eigenvalue weighted by molar-refractivity contribution is 5.94. The van der Waals surface area contributed by atoms with Crippen molar-refractivity contribution in [3.05, 3.63) is 0 Å². The summed E-state index contributed by atoms with van der Waals surface area (Å²) in [5.41, 5.74) is 0. The monoisotopic (exact) mass is 288 g/mol. The maximum atomic E-state index is 11.1. The Morgan fingerprint density at radius 3 is 2.00 bits per heavy atom. The number of ether oxygens (including phenoxy) is 3. The molecule has 0 heterocycles. The maximum Gasteiger partial charge on any atom is 0.313 e. The van der Waals surface area contributed by atoms with Gasteiger partial charge in [0.2, 0.25) is 0 Å². The van der Waals surface area contributed by atoms with Crippen LogP contribution in [-0.2, 0) is 33.4 Å². The van der Waals surface area contributed by atoms with Gasteiger partial charge in [-0.15, -0.1) is 0 Å². The molecule has 0 N–H and O–H groups in total. The molecule has 20 heavy (non-hydrogen) atoms. The molecule has 0 aromatic carbocycles. The van der Waals surface area contributed by atoms with Gasteiger partial charge in [-0.3, -0.25) is 19.2 Å². The third kappa shape index (κ3) is 11.3. The minimum atomic E-state index is -0.596. The molecule has 0 fully saturated rings. The summed E-state index contributed by atoms with van der Waals surface area (Å²) in [5.74, 6) is -1.72. The van der Waals surface area contributed by atoms with Crippen LogP contribution in [0.2, 0.25) is 0 Å². The largest absolute Gasteiger partial charge is 0.463 e. The first-order valence-electron chi connectivity index (χ1n) is 6.23. The van der Waals surface area contributed by atoms with Crippen molar-refractivity contribution in [1.29, 1.82) is 0 Å². The molecule has 0 aromatic rings. The maximum absolute atomic E-state index is 11.1. The molecular formula is C13H20O7. The van der Waals surface area contributed by atoms with E-state index in [1.165, 1.54) is 13.8 Å². The number of hydrogen-bond donors (Lipinski definition) is 0. The Morgan fingerprint density at radius 2 is 1.45 bits per heavy atom. The standard InChI is InChI=1S/C13H20O7/c1-9(14)6-12(16)19-5-4-18-8-11(3)20-13(17)7-10(2)15/h11H,4-8H2,1-3H3. The fourth-order valence-corrected chi connectivity index (χ4v) is 1.22. The molecule has 0 amide bonds. The quantitative estimate of drug-likeness (QED) is 0.327. The van der Waals surface area contributed by atoms with E-state index in [-0.39, 0.29) is 44.2 Å². The molecular weight excluding hydrogens is 268 g/mol. The van der Waals surface area contributed by atoms with Crippen molar-refractivity contribution in [2.45, 2.75) is 39.7 Å². The summed E-state index contributed by atoms with van der Waals surface area (Å²) in [7, 11) is 0. The summed E-state index contributed by atoms with van der Waals surface area (Å²) >= 11 is 0. The second kappa shape index (κ2) is 10.1. The zero-order valence-electron chi connectivity index (χ0n) is 12.0. The molecule has 7 nitrogen and oxygen atoms in total. The van der Waals surface area contributed by atoms with E-state index in [1.54, 1.807) is 6.92 Å². The zero-order valence-corrected chi connectivity index (χ0v) is 12.0. The van der Waals surface area contributed by atoms with Crippen molar-refractivity contribution < 1.29 is 33.4 Å². The van der Waals surface area contributed by atoms with Crippen LogP contribution in [0.1, 0.15) is 33.6 Å². The lowest BCUT2D eigenvalue weighted by Crippen LogP contribution is -2.23. The lowest BCUT2D eigenvalue weighted by molar-refractivity contribution is -0.152. The van der Waals surface area contributed by atoms with Gasteiger partial charge in [0.15, 0.2) is 0 Å². The lowest BCUT2D eigenvalue weighted by atomic mass is 10.3. The molecule has 0 spiro atoms. The van der Waals surface area contributed by atoms with Gasteiger partial charge < -0.3 is 14.2 Å². The number of carbonyl (C=O) groups excluding carboxylic acids is 4. The molecule has 1 unspecified atom stereocenters. The number of hydrogen-bond acceptors (Lipinski definition) is 7. The summed E-state index contributed by atoms with van der Waals surface area (Å²) in [6.07, 6.45) is -0.999. The Bertz CT molecular complexity index is 362. The zero-order chi connectivity index (χ0) is 15.5. The Morgan fingerprint density at radius 1 is 0.900 bits per heavy atom. The van der Waals surface area contributed by atoms with E-state index in [4.69, 9.17) is 14.2 Å². The predicted octanol–water partition coefficient (Wildman–Crippen LogP) is 0.436. The van der Waals surface area contributed by atoms with E-state index in [0.29, 0.717) is 0 Å². The lowest BCUT2D eigenvalue weighted by Gasteiger charge is -2.13. The molecule has 0 rings (SSSR count). The van der Waals surface area contributed by atoms with E-state index in [0.717, 1.165) is 0 Å². The van der Waals surface area contributed by atoms with Crippen LogP contribution in [0.4, 0.5) is 0 Å². The SMILES string of the molecule is CC(=O)CC(=O)OCCOCC(C)OC(=O)CC(C)=O. The number of rotatable bonds is 10. The van der Waals surface area contributed by atoms with E-state index in [9.17, 15) is 19.2 Å². The molecule has 0 saturated heterocycles. The van der Waals surface area contributed by atoms with E-state index in [2.05, 4.69) is 0 Å². The van der Waals surface area contributed by atoms with Crippen LogP contribution in [0, 0.1) is 0 Å². The van der Waals surface area contributed by atoms with Crippen molar-refractivity contribution in [1.82, 2.24) is 0 Å². The normalized spacial score (nSPS) is 11.6. The Balaban J connectivity index is 3.59. The van der Waals surface area contributed by atoms with Crippen molar-refractivity contribution in [2.75, 3.05) is 19.8 Å². The highest BCUT2D eigenvalue weighted by atomic mass is 16.6. The number of Topliss-reactive ketones (excluding diaryl/α,β-unsaturated/α-hetero) is 2. The summed E-state index contributed by atoms with van der Waals surface area (Å²) in [5, 5.41) is 0. The molecule has 0 aliphatic heterocycles. The van der Waals surface area contributed by atoms with Crippen molar-refractivity contribution >= 4 is 23.5 Å². The van der Waals surface area contributed by atoms with E-state index in [1.807, 2.05) is 0 Å². The molecule has 1 atom stereocenters. The highest BCUT2D eigenvalue weighted by Gasteiger charge is 2.12. The average Bonchev–Trinajstić information content (AvgIpc) is 2.25. The van der Waals surface area contributed by atoms with Crippen molar-refractivity contribution in [3.63, 3.8) is 0 Å². The molecule has 0 radical (unpaired) electrons. The van der Waals surface area contributed by atoms with Crippen LogP contribution in [-0.4, -0.2) is 49.4 Å². The summed E-state index contributed by atoms with van der Waals surface area (Å²) in [6.45, 7) is 4.53. The second-order valence-electron chi connectivity index (χ2n) is 4.35. The minimum absolute atomic E-state index is 0.0280. The van der Waals surface area contributed by atoms with Crippen LogP contribution in [0.15, 0.2) is 0 Å². The summed E-state index contributed by atoms with van der Waals surface area (Å²) < 4.78 is 14.8. The van der Waals surface area contributed by atoms with Crippen LogP contribution in [0.5, 0.6) is 0 Å². The van der Waals surface area contributed by atoms with Gasteiger partial charge >= 0.3 is 11.9 Å². The first kappa shape index (κ1) is 18.2. The molecule has 0 bridgehead atoms. The number of esters is 2. The van der Waals surface area contributed by atoms with Crippen LogP contribution in [0.3, 0.4) is 0 Å². The molecule has 0 saturated carbocycles. The third-order valence-electron chi connectivity index (χ3n) is 1.96.